The van der Waals surface area contributed by atoms with Crippen molar-refractivity contribution in [2.75, 3.05) is 7.05 Å². The molecule has 0 aliphatic rings. The highest BCUT2D eigenvalue weighted by molar-refractivity contribution is 5.59. The summed E-state index contributed by atoms with van der Waals surface area (Å²) in [7, 11) is 1.81. The molecule has 0 aromatic carbocycles. The summed E-state index contributed by atoms with van der Waals surface area (Å²) in [6, 6.07) is 0. The molecule has 0 aromatic rings. The van der Waals surface area contributed by atoms with Crippen LogP contribution in [0.25, 0.3) is 0 Å². The molecule has 1 heteroatoms. The largest absolute Gasteiger partial charge is 0.301 e. The van der Waals surface area contributed by atoms with E-state index in [-0.39, 0.29) is 0 Å². The number of hydrogen-bond acceptors (Lipinski definition) is 1. The van der Waals surface area contributed by atoms with Gasteiger partial charge in [-0.3, -0.25) is 0 Å². The monoisotopic (exact) mass is 99.1 g/mol. The zero-order valence-corrected chi connectivity index (χ0v) is 5.31. The minimum atomic E-state index is 0.657. The van der Waals surface area contributed by atoms with E-state index in [0.717, 1.165) is 0 Å². The van der Waals surface area contributed by atoms with Gasteiger partial charge in [-0.05, 0) is 12.3 Å². The maximum absolute atomic E-state index is 3.88. The van der Waals surface area contributed by atoms with Crippen molar-refractivity contribution in [3.8, 4) is 0 Å². The van der Waals surface area contributed by atoms with Crippen molar-refractivity contribution in [2.45, 2.75) is 20.3 Å². The van der Waals surface area contributed by atoms with Crippen LogP contribution < -0.4 is 0 Å². The minimum Gasteiger partial charge on any atom is -0.301 e. The SMILES string of the molecule is CC[C@@H](C)C=NC. The Hall–Kier alpha value is -0.330. The Kier molecular flexibility index (Phi) is 3.67. The third-order valence-corrected chi connectivity index (χ3v) is 1.05. The van der Waals surface area contributed by atoms with Gasteiger partial charge in [0.25, 0.3) is 0 Å². The maximum Gasteiger partial charge on any atom is 0.0273 e. The van der Waals surface area contributed by atoms with Gasteiger partial charge < -0.3 is 4.99 Å². The molecule has 0 aromatic heterocycles. The number of hydrogen-bond donors (Lipinski definition) is 0. The van der Waals surface area contributed by atoms with Gasteiger partial charge in [-0.15, -0.1) is 0 Å². The summed E-state index contributed by atoms with van der Waals surface area (Å²) in [4.78, 5) is 3.88. The molecule has 0 saturated carbocycles. The smallest absolute Gasteiger partial charge is 0.0273 e. The predicted molar refractivity (Wildman–Crippen MR) is 33.9 cm³/mol. The summed E-state index contributed by atoms with van der Waals surface area (Å²) in [5.41, 5.74) is 0. The van der Waals surface area contributed by atoms with Crippen LogP contribution in [0, 0.1) is 5.92 Å². The van der Waals surface area contributed by atoms with E-state index in [2.05, 4.69) is 18.8 Å². The second-order valence-electron chi connectivity index (χ2n) is 1.79. The Labute approximate surface area is 45.5 Å². The van der Waals surface area contributed by atoms with Crippen molar-refractivity contribution in [1.82, 2.24) is 0 Å². The molecule has 0 saturated heterocycles. The molecule has 0 radical (unpaired) electrons. The molecule has 42 valence electrons. The summed E-state index contributed by atoms with van der Waals surface area (Å²) < 4.78 is 0. The van der Waals surface area contributed by atoms with E-state index >= 15 is 0 Å². The average Bonchev–Trinajstić information content (AvgIpc) is 1.68. The highest BCUT2D eigenvalue weighted by atomic mass is 14.6. The summed E-state index contributed by atoms with van der Waals surface area (Å²) >= 11 is 0. The predicted octanol–water partition coefficient (Wildman–Crippen LogP) is 1.73. The molecule has 0 rings (SSSR count). The van der Waals surface area contributed by atoms with E-state index in [1.807, 2.05) is 13.3 Å². The second kappa shape index (κ2) is 3.85. The second-order valence-corrected chi connectivity index (χ2v) is 1.79. The highest BCUT2D eigenvalue weighted by Gasteiger charge is 1.87. The van der Waals surface area contributed by atoms with Gasteiger partial charge in [-0.1, -0.05) is 13.8 Å². The number of aliphatic imine (C=N–C) groups is 1. The van der Waals surface area contributed by atoms with Gasteiger partial charge in [0, 0.05) is 13.3 Å². The van der Waals surface area contributed by atoms with Crippen LogP contribution in [0.2, 0.25) is 0 Å². The molecule has 0 aliphatic heterocycles. The molecular weight excluding hydrogens is 86.1 g/mol. The molecule has 0 fully saturated rings. The van der Waals surface area contributed by atoms with Crippen molar-refractivity contribution >= 4 is 6.21 Å². The first-order valence-corrected chi connectivity index (χ1v) is 2.73. The molecule has 0 heterocycles. The average molecular weight is 99.2 g/mol. The Morgan fingerprint density at radius 1 is 1.71 bits per heavy atom. The Morgan fingerprint density at radius 2 is 2.29 bits per heavy atom. The number of rotatable bonds is 2. The van der Waals surface area contributed by atoms with E-state index in [1.54, 1.807) is 0 Å². The van der Waals surface area contributed by atoms with Crippen LogP contribution in [0.3, 0.4) is 0 Å². The fourth-order valence-corrected chi connectivity index (χ4v) is 0.360. The van der Waals surface area contributed by atoms with E-state index in [9.17, 15) is 0 Å². The molecule has 0 unspecified atom stereocenters. The van der Waals surface area contributed by atoms with E-state index in [0.29, 0.717) is 5.92 Å². The van der Waals surface area contributed by atoms with Gasteiger partial charge in [0.05, 0.1) is 0 Å². The molecule has 0 N–H and O–H groups in total. The fraction of sp³-hybridized carbons (Fsp3) is 0.833. The zero-order chi connectivity index (χ0) is 5.70. The first-order chi connectivity index (χ1) is 3.31. The first kappa shape index (κ1) is 6.67. The lowest BCUT2D eigenvalue weighted by Gasteiger charge is -1.94. The summed E-state index contributed by atoms with van der Waals surface area (Å²) in [5, 5.41) is 0. The van der Waals surface area contributed by atoms with E-state index in [4.69, 9.17) is 0 Å². The summed E-state index contributed by atoms with van der Waals surface area (Å²) in [6.07, 6.45) is 3.16. The molecule has 7 heavy (non-hydrogen) atoms. The van der Waals surface area contributed by atoms with Crippen molar-refractivity contribution in [3.05, 3.63) is 0 Å². The maximum atomic E-state index is 3.88. The summed E-state index contributed by atoms with van der Waals surface area (Å²) in [6.45, 7) is 4.32. The third-order valence-electron chi connectivity index (χ3n) is 1.05. The standard InChI is InChI=1S/C6H13N/c1-4-6(2)5-7-3/h5-6H,4H2,1-3H3/t6-/m1/s1. The Morgan fingerprint density at radius 3 is 2.43 bits per heavy atom. The van der Waals surface area contributed by atoms with Crippen molar-refractivity contribution in [3.63, 3.8) is 0 Å². The van der Waals surface area contributed by atoms with Crippen LogP contribution in [-0.2, 0) is 0 Å². The van der Waals surface area contributed by atoms with Gasteiger partial charge in [0.15, 0.2) is 0 Å². The molecule has 0 bridgehead atoms. The lowest BCUT2D eigenvalue weighted by Crippen LogP contribution is -1.90. The molecule has 1 nitrogen and oxygen atoms in total. The molecule has 0 aliphatic carbocycles. The van der Waals surface area contributed by atoms with Crippen LogP contribution in [0.1, 0.15) is 20.3 Å². The van der Waals surface area contributed by atoms with Crippen LogP contribution >= 0.6 is 0 Å². The van der Waals surface area contributed by atoms with Crippen molar-refractivity contribution in [2.24, 2.45) is 10.9 Å². The number of nitrogens with zero attached hydrogens (tertiary/aromatic N) is 1. The molecular formula is C6H13N. The fourth-order valence-electron chi connectivity index (χ4n) is 0.360. The van der Waals surface area contributed by atoms with Crippen LogP contribution in [0.15, 0.2) is 4.99 Å². The van der Waals surface area contributed by atoms with Gasteiger partial charge in [0.2, 0.25) is 0 Å². The van der Waals surface area contributed by atoms with Crippen LogP contribution in [0.4, 0.5) is 0 Å². The molecule has 0 amide bonds. The Balaban J connectivity index is 3.16. The van der Waals surface area contributed by atoms with Gasteiger partial charge in [-0.2, -0.15) is 0 Å². The first-order valence-electron chi connectivity index (χ1n) is 2.73. The molecule has 1 atom stereocenters. The quantitative estimate of drug-likeness (QED) is 0.467. The van der Waals surface area contributed by atoms with Gasteiger partial charge in [0.1, 0.15) is 0 Å². The normalized spacial score (nSPS) is 15.3. The Bertz CT molecular complexity index is 57.2. The summed E-state index contributed by atoms with van der Waals surface area (Å²) in [5.74, 6) is 0.657. The topological polar surface area (TPSA) is 12.4 Å². The van der Waals surface area contributed by atoms with Crippen molar-refractivity contribution < 1.29 is 0 Å². The third kappa shape index (κ3) is 3.50. The van der Waals surface area contributed by atoms with E-state index < -0.39 is 0 Å². The zero-order valence-electron chi connectivity index (χ0n) is 5.31. The van der Waals surface area contributed by atoms with E-state index in [1.165, 1.54) is 6.42 Å². The van der Waals surface area contributed by atoms with Crippen LogP contribution in [-0.4, -0.2) is 13.3 Å². The lowest BCUT2D eigenvalue weighted by molar-refractivity contribution is 0.753. The minimum absolute atomic E-state index is 0.657. The molecule has 0 spiro atoms. The highest BCUT2D eigenvalue weighted by Crippen LogP contribution is 1.93. The lowest BCUT2D eigenvalue weighted by atomic mass is 10.1. The van der Waals surface area contributed by atoms with Gasteiger partial charge in [-0.25, -0.2) is 0 Å². The van der Waals surface area contributed by atoms with Crippen molar-refractivity contribution in [1.29, 1.82) is 0 Å². The van der Waals surface area contributed by atoms with Gasteiger partial charge >= 0.3 is 0 Å². The van der Waals surface area contributed by atoms with Crippen LogP contribution in [0.5, 0.6) is 0 Å².